The summed E-state index contributed by atoms with van der Waals surface area (Å²) in [5, 5.41) is 0. The predicted molar refractivity (Wildman–Crippen MR) is 121 cm³/mol. The Kier molecular flexibility index (Phi) is 12.9. The lowest BCUT2D eigenvalue weighted by Crippen LogP contribution is -2.38. The predicted octanol–water partition coefficient (Wildman–Crippen LogP) is 5.00. The molecule has 0 aromatic heterocycles. The highest BCUT2D eigenvalue weighted by Crippen LogP contribution is 2.28. The van der Waals surface area contributed by atoms with E-state index in [1.807, 2.05) is 61.5 Å². The van der Waals surface area contributed by atoms with Crippen molar-refractivity contribution in [2.45, 2.75) is 33.3 Å². The number of methoxy groups -OCH3 is 1. The number of benzene rings is 2. The lowest BCUT2D eigenvalue weighted by atomic mass is 9.80. The van der Waals surface area contributed by atoms with Crippen molar-refractivity contribution < 1.29 is 23.8 Å². The van der Waals surface area contributed by atoms with Gasteiger partial charge in [-0.1, -0.05) is 58.4 Å². The number of esters is 1. The van der Waals surface area contributed by atoms with E-state index in [1.54, 1.807) is 14.0 Å². The number of hydrogen-bond donors (Lipinski definition) is 0. The molecule has 0 heterocycles. The van der Waals surface area contributed by atoms with E-state index in [-0.39, 0.29) is 19.4 Å². The van der Waals surface area contributed by atoms with Crippen molar-refractivity contribution in [3.05, 3.63) is 70.2 Å². The van der Waals surface area contributed by atoms with Crippen molar-refractivity contribution in [3.8, 4) is 0 Å². The van der Waals surface area contributed by atoms with Gasteiger partial charge in [0.15, 0.2) is 0 Å². The van der Waals surface area contributed by atoms with E-state index in [0.29, 0.717) is 19.5 Å². The van der Waals surface area contributed by atoms with Crippen LogP contribution in [-0.2, 0) is 36.8 Å². The molecule has 1 unspecified atom stereocenters. The number of halogens is 1. The Morgan fingerprint density at radius 2 is 1.63 bits per heavy atom. The van der Waals surface area contributed by atoms with Gasteiger partial charge in [0.05, 0.1) is 13.2 Å². The molecular weight excluding hydrogens is 448 g/mol. The van der Waals surface area contributed by atoms with E-state index in [0.717, 1.165) is 22.2 Å². The zero-order chi connectivity index (χ0) is 22.2. The third-order valence-electron chi connectivity index (χ3n) is 4.43. The summed E-state index contributed by atoms with van der Waals surface area (Å²) in [5.74, 6) is -0.499. The molecule has 164 valence electrons. The number of hydrogen-bond acceptors (Lipinski definition) is 5. The molecule has 0 N–H and O–H groups in total. The maximum Gasteiger partial charge on any atom is 0.319 e. The lowest BCUT2D eigenvalue weighted by Gasteiger charge is -2.26. The molecule has 2 rings (SSSR count). The van der Waals surface area contributed by atoms with E-state index >= 15 is 0 Å². The first-order chi connectivity index (χ1) is 14.5. The number of ether oxygens (including phenoxy) is 3. The Hall–Kier alpha value is -2.02. The second-order valence-electron chi connectivity index (χ2n) is 6.66. The van der Waals surface area contributed by atoms with Gasteiger partial charge in [-0.25, -0.2) is 0 Å². The highest BCUT2D eigenvalue weighted by atomic mass is 79.9. The molecule has 2 aromatic carbocycles. The van der Waals surface area contributed by atoms with Gasteiger partial charge >= 0.3 is 5.97 Å². The maximum absolute atomic E-state index is 12.5. The molecule has 0 amide bonds. The summed E-state index contributed by atoms with van der Waals surface area (Å²) in [6.07, 6.45) is 1.27. The third-order valence-corrected chi connectivity index (χ3v) is 4.96. The summed E-state index contributed by atoms with van der Waals surface area (Å²) in [6.45, 7) is 5.48. The van der Waals surface area contributed by atoms with Gasteiger partial charge in [0.2, 0.25) is 0 Å². The Morgan fingerprint density at radius 1 is 1.00 bits per heavy atom. The van der Waals surface area contributed by atoms with Gasteiger partial charge < -0.3 is 19.0 Å². The Labute approximate surface area is 187 Å². The molecule has 2 aromatic rings. The molecule has 1 atom stereocenters. The third kappa shape index (κ3) is 9.20. The molecule has 0 saturated heterocycles. The molecule has 0 aliphatic heterocycles. The summed E-state index contributed by atoms with van der Waals surface area (Å²) in [6, 6.07) is 17.4. The molecule has 5 nitrogen and oxygen atoms in total. The fourth-order valence-electron chi connectivity index (χ4n) is 2.67. The van der Waals surface area contributed by atoms with Gasteiger partial charge in [-0.05, 0) is 49.9 Å². The quantitative estimate of drug-likeness (QED) is 0.197. The van der Waals surface area contributed by atoms with Gasteiger partial charge in [0, 0.05) is 24.8 Å². The molecule has 0 radical (unpaired) electrons. The van der Waals surface area contributed by atoms with Crippen LogP contribution in [0.5, 0.6) is 0 Å². The topological polar surface area (TPSA) is 61.8 Å². The number of carbonyl (C=O) groups excluding carboxylic acids is 2. The van der Waals surface area contributed by atoms with Crippen LogP contribution in [0.1, 0.15) is 31.4 Å². The second kappa shape index (κ2) is 14.9. The van der Waals surface area contributed by atoms with Crippen LogP contribution >= 0.6 is 15.9 Å². The molecule has 0 bridgehead atoms. The van der Waals surface area contributed by atoms with Crippen molar-refractivity contribution in [3.63, 3.8) is 0 Å². The average molecular weight is 479 g/mol. The zero-order valence-electron chi connectivity index (χ0n) is 17.9. The van der Waals surface area contributed by atoms with Gasteiger partial charge in [-0.2, -0.15) is 0 Å². The SMILES string of the molecule is CCOC.CCOC(=O)C(C=O)(CCOCc1ccccc1)Cc1ccc(Br)cc1. The summed E-state index contributed by atoms with van der Waals surface area (Å²) >= 11 is 3.39. The lowest BCUT2D eigenvalue weighted by molar-refractivity contribution is -0.158. The Bertz CT molecular complexity index is 731. The fourth-order valence-corrected chi connectivity index (χ4v) is 2.94. The minimum Gasteiger partial charge on any atom is -0.465 e. The van der Waals surface area contributed by atoms with E-state index in [4.69, 9.17) is 9.47 Å². The summed E-state index contributed by atoms with van der Waals surface area (Å²) < 4.78 is 16.3. The van der Waals surface area contributed by atoms with Crippen molar-refractivity contribution in [1.29, 1.82) is 0 Å². The van der Waals surface area contributed by atoms with Crippen LogP contribution < -0.4 is 0 Å². The van der Waals surface area contributed by atoms with Crippen LogP contribution in [0.15, 0.2) is 59.1 Å². The second-order valence-corrected chi connectivity index (χ2v) is 7.58. The number of aldehydes is 1. The van der Waals surface area contributed by atoms with Gasteiger partial charge in [0.1, 0.15) is 11.7 Å². The first-order valence-corrected chi connectivity index (χ1v) is 10.8. The van der Waals surface area contributed by atoms with Crippen LogP contribution in [0.2, 0.25) is 0 Å². The van der Waals surface area contributed by atoms with Crippen molar-refractivity contribution in [1.82, 2.24) is 0 Å². The van der Waals surface area contributed by atoms with Crippen LogP contribution in [0.25, 0.3) is 0 Å². The smallest absolute Gasteiger partial charge is 0.319 e. The van der Waals surface area contributed by atoms with Crippen LogP contribution in [0, 0.1) is 5.41 Å². The van der Waals surface area contributed by atoms with Crippen LogP contribution in [-0.4, -0.2) is 39.2 Å². The van der Waals surface area contributed by atoms with E-state index < -0.39 is 11.4 Å². The first-order valence-electron chi connectivity index (χ1n) is 10.00. The highest BCUT2D eigenvalue weighted by molar-refractivity contribution is 9.10. The van der Waals surface area contributed by atoms with Gasteiger partial charge in [-0.3, -0.25) is 4.79 Å². The monoisotopic (exact) mass is 478 g/mol. The molecule has 30 heavy (non-hydrogen) atoms. The Balaban J connectivity index is 0.00000103. The van der Waals surface area contributed by atoms with E-state index in [2.05, 4.69) is 20.7 Å². The zero-order valence-corrected chi connectivity index (χ0v) is 19.5. The molecule has 0 aliphatic carbocycles. The summed E-state index contributed by atoms with van der Waals surface area (Å²) in [4.78, 5) is 24.4. The normalized spacial score (nSPS) is 12.3. The van der Waals surface area contributed by atoms with Gasteiger partial charge in [-0.15, -0.1) is 0 Å². The van der Waals surface area contributed by atoms with E-state index in [1.165, 1.54) is 0 Å². The van der Waals surface area contributed by atoms with Crippen molar-refractivity contribution >= 4 is 28.2 Å². The average Bonchev–Trinajstić information content (AvgIpc) is 2.78. The maximum atomic E-state index is 12.5. The minimum absolute atomic E-state index is 0.236. The largest absolute Gasteiger partial charge is 0.465 e. The van der Waals surface area contributed by atoms with E-state index in [9.17, 15) is 9.59 Å². The number of rotatable bonds is 11. The number of carbonyl (C=O) groups is 2. The first kappa shape index (κ1) is 26.0. The molecule has 0 saturated carbocycles. The van der Waals surface area contributed by atoms with Crippen LogP contribution in [0.4, 0.5) is 0 Å². The molecule has 0 aliphatic rings. The molecular formula is C24H31BrO5. The van der Waals surface area contributed by atoms with Crippen molar-refractivity contribution in [2.75, 3.05) is 26.9 Å². The standard InChI is InChI=1S/C21H23BrO4.C3H8O/c1-2-26-20(24)21(16-23,14-17-8-10-19(22)11-9-17)12-13-25-15-18-6-4-3-5-7-18;1-3-4-2/h3-11,16H,2,12-15H2,1H3;3H2,1-2H3. The fraction of sp³-hybridized carbons (Fsp3) is 0.417. The summed E-state index contributed by atoms with van der Waals surface area (Å²) in [7, 11) is 1.68. The van der Waals surface area contributed by atoms with Gasteiger partial charge in [0.25, 0.3) is 0 Å². The van der Waals surface area contributed by atoms with Crippen LogP contribution in [0.3, 0.4) is 0 Å². The molecule has 6 heteroatoms. The molecule has 0 spiro atoms. The summed E-state index contributed by atoms with van der Waals surface area (Å²) in [5.41, 5.74) is 0.713. The highest BCUT2D eigenvalue weighted by Gasteiger charge is 2.39. The molecule has 0 fully saturated rings. The minimum atomic E-state index is -1.24. The Morgan fingerprint density at radius 3 is 2.17 bits per heavy atom. The van der Waals surface area contributed by atoms with Crippen molar-refractivity contribution in [2.24, 2.45) is 5.41 Å².